The Morgan fingerprint density at radius 3 is 2.17 bits per heavy atom. The highest BCUT2D eigenvalue weighted by atomic mass is 16.5. The summed E-state index contributed by atoms with van der Waals surface area (Å²) in [6, 6.07) is 20.9. The van der Waals surface area contributed by atoms with E-state index in [0.717, 1.165) is 30.2 Å². The summed E-state index contributed by atoms with van der Waals surface area (Å²) >= 11 is 0. The van der Waals surface area contributed by atoms with E-state index in [9.17, 15) is 0 Å². The van der Waals surface area contributed by atoms with Crippen molar-refractivity contribution in [1.29, 1.82) is 0 Å². The Kier molecular flexibility index (Phi) is 5.42. The summed E-state index contributed by atoms with van der Waals surface area (Å²) in [6.45, 7) is 3.16. The van der Waals surface area contributed by atoms with Crippen LogP contribution >= 0.6 is 0 Å². The van der Waals surface area contributed by atoms with Gasteiger partial charge in [-0.2, -0.15) is 0 Å². The fourth-order valence-electron chi connectivity index (χ4n) is 2.47. The van der Waals surface area contributed by atoms with Gasteiger partial charge in [0.1, 0.15) is 18.1 Å². The Hall–Kier alpha value is -2.60. The normalized spacial score (nSPS) is 13.3. The molecule has 0 atom stereocenters. The van der Waals surface area contributed by atoms with Crippen molar-refractivity contribution < 1.29 is 9.47 Å². The lowest BCUT2D eigenvalue weighted by Crippen LogP contribution is -2.11. The molecular weight excluding hydrogens is 286 g/mol. The first-order chi connectivity index (χ1) is 11.4. The Morgan fingerprint density at radius 1 is 0.826 bits per heavy atom. The fourth-order valence-corrected chi connectivity index (χ4v) is 2.47. The molecule has 3 heteroatoms. The van der Waals surface area contributed by atoms with Gasteiger partial charge in [-0.25, -0.2) is 0 Å². The molecule has 3 rings (SSSR count). The van der Waals surface area contributed by atoms with Crippen LogP contribution < -0.4 is 9.47 Å². The van der Waals surface area contributed by atoms with Gasteiger partial charge >= 0.3 is 0 Å². The van der Waals surface area contributed by atoms with Gasteiger partial charge < -0.3 is 14.4 Å². The molecule has 0 N–H and O–H groups in total. The van der Waals surface area contributed by atoms with E-state index in [-0.39, 0.29) is 0 Å². The first-order valence-electron chi connectivity index (χ1n) is 8.03. The summed E-state index contributed by atoms with van der Waals surface area (Å²) in [5.41, 5.74) is 1.16. The maximum absolute atomic E-state index is 5.75. The zero-order chi connectivity index (χ0) is 15.7. The zero-order valence-corrected chi connectivity index (χ0v) is 13.2. The SMILES string of the molecule is C(#CN1CCCC1)COc1ccc(OCc2ccccc2)cc1. The van der Waals surface area contributed by atoms with Gasteiger partial charge in [-0.1, -0.05) is 30.3 Å². The molecule has 1 saturated heterocycles. The monoisotopic (exact) mass is 307 g/mol. The molecule has 0 aliphatic carbocycles. The Labute approximate surface area is 137 Å². The van der Waals surface area contributed by atoms with E-state index in [4.69, 9.17) is 9.47 Å². The van der Waals surface area contributed by atoms with Crippen molar-refractivity contribution in [3.63, 3.8) is 0 Å². The third-order valence-corrected chi connectivity index (χ3v) is 3.73. The third-order valence-electron chi connectivity index (χ3n) is 3.73. The molecule has 1 heterocycles. The fraction of sp³-hybridized carbons (Fsp3) is 0.300. The molecule has 0 radical (unpaired) electrons. The Bertz CT molecular complexity index is 650. The van der Waals surface area contributed by atoms with Crippen LogP contribution in [0.25, 0.3) is 0 Å². The molecule has 1 aliphatic rings. The molecule has 0 aromatic heterocycles. The molecule has 1 aliphatic heterocycles. The van der Waals surface area contributed by atoms with Crippen LogP contribution in [0.2, 0.25) is 0 Å². The van der Waals surface area contributed by atoms with Crippen molar-refractivity contribution in [3.05, 3.63) is 60.2 Å². The van der Waals surface area contributed by atoms with Crippen LogP contribution in [-0.4, -0.2) is 24.6 Å². The number of hydrogen-bond donors (Lipinski definition) is 0. The van der Waals surface area contributed by atoms with Crippen molar-refractivity contribution >= 4 is 0 Å². The maximum Gasteiger partial charge on any atom is 0.150 e. The van der Waals surface area contributed by atoms with Crippen LogP contribution in [0, 0.1) is 12.0 Å². The van der Waals surface area contributed by atoms with E-state index in [1.54, 1.807) is 0 Å². The predicted octanol–water partition coefficient (Wildman–Crippen LogP) is 3.70. The predicted molar refractivity (Wildman–Crippen MR) is 91.3 cm³/mol. The quantitative estimate of drug-likeness (QED) is 0.786. The molecule has 3 nitrogen and oxygen atoms in total. The molecular formula is C20H21NO2. The average molecular weight is 307 g/mol. The molecule has 0 spiro atoms. The molecule has 0 saturated carbocycles. The first-order valence-corrected chi connectivity index (χ1v) is 8.03. The van der Waals surface area contributed by atoms with Crippen molar-refractivity contribution in [3.8, 4) is 23.5 Å². The van der Waals surface area contributed by atoms with E-state index in [2.05, 4.69) is 29.0 Å². The van der Waals surface area contributed by atoms with Crippen LogP contribution in [0.3, 0.4) is 0 Å². The van der Waals surface area contributed by atoms with Crippen molar-refractivity contribution in [2.45, 2.75) is 19.4 Å². The van der Waals surface area contributed by atoms with Gasteiger partial charge in [0.25, 0.3) is 0 Å². The van der Waals surface area contributed by atoms with Crippen LogP contribution in [-0.2, 0) is 6.61 Å². The summed E-state index contributed by atoms with van der Waals surface area (Å²) in [5, 5.41) is 0. The number of rotatable bonds is 5. The van der Waals surface area contributed by atoms with Crippen LogP contribution in [0.4, 0.5) is 0 Å². The molecule has 2 aromatic carbocycles. The van der Waals surface area contributed by atoms with Gasteiger partial charge in [-0.05, 0) is 48.6 Å². The minimum absolute atomic E-state index is 0.417. The molecule has 1 fully saturated rings. The highest BCUT2D eigenvalue weighted by molar-refractivity contribution is 5.31. The highest BCUT2D eigenvalue weighted by Gasteiger charge is 2.06. The lowest BCUT2D eigenvalue weighted by atomic mass is 10.2. The molecule has 23 heavy (non-hydrogen) atoms. The van der Waals surface area contributed by atoms with Crippen LogP contribution in [0.15, 0.2) is 54.6 Å². The second-order valence-corrected chi connectivity index (χ2v) is 5.52. The van der Waals surface area contributed by atoms with Gasteiger partial charge in [-0.3, -0.25) is 0 Å². The van der Waals surface area contributed by atoms with Gasteiger partial charge in [0.15, 0.2) is 6.61 Å². The molecule has 118 valence electrons. The second-order valence-electron chi connectivity index (χ2n) is 5.52. The lowest BCUT2D eigenvalue weighted by Gasteiger charge is -2.08. The molecule has 2 aromatic rings. The summed E-state index contributed by atoms with van der Waals surface area (Å²) < 4.78 is 11.4. The first kappa shape index (κ1) is 15.3. The standard InChI is InChI=1S/C20H21NO2/c1-2-7-18(8-3-1)17-23-20-11-9-19(10-12-20)22-16-6-15-21-13-4-5-14-21/h1-3,7-12H,4-5,13-14,16-17H2. The minimum Gasteiger partial charge on any atom is -0.489 e. The Balaban J connectivity index is 1.43. The van der Waals surface area contributed by atoms with Crippen LogP contribution in [0.5, 0.6) is 11.5 Å². The zero-order valence-electron chi connectivity index (χ0n) is 13.2. The summed E-state index contributed by atoms with van der Waals surface area (Å²) in [7, 11) is 0. The van der Waals surface area contributed by atoms with Crippen LogP contribution in [0.1, 0.15) is 18.4 Å². The largest absolute Gasteiger partial charge is 0.489 e. The van der Waals surface area contributed by atoms with E-state index in [0.29, 0.717) is 13.2 Å². The average Bonchev–Trinajstić information content (AvgIpc) is 3.12. The summed E-state index contributed by atoms with van der Waals surface area (Å²) in [4.78, 5) is 2.16. The summed E-state index contributed by atoms with van der Waals surface area (Å²) in [6.07, 6.45) is 2.50. The topological polar surface area (TPSA) is 21.7 Å². The lowest BCUT2D eigenvalue weighted by molar-refractivity contribution is 0.305. The van der Waals surface area contributed by atoms with E-state index in [1.807, 2.05) is 42.5 Å². The highest BCUT2D eigenvalue weighted by Crippen LogP contribution is 2.18. The van der Waals surface area contributed by atoms with Gasteiger partial charge in [0.2, 0.25) is 0 Å². The maximum atomic E-state index is 5.75. The Morgan fingerprint density at radius 2 is 1.48 bits per heavy atom. The molecule has 0 amide bonds. The van der Waals surface area contributed by atoms with E-state index in [1.165, 1.54) is 12.8 Å². The molecule has 0 bridgehead atoms. The second kappa shape index (κ2) is 8.14. The van der Waals surface area contributed by atoms with E-state index >= 15 is 0 Å². The van der Waals surface area contributed by atoms with Crippen molar-refractivity contribution in [2.75, 3.05) is 19.7 Å². The number of nitrogens with zero attached hydrogens (tertiary/aromatic N) is 1. The van der Waals surface area contributed by atoms with Gasteiger partial charge in [-0.15, -0.1) is 0 Å². The number of benzene rings is 2. The van der Waals surface area contributed by atoms with Gasteiger partial charge in [0.05, 0.1) is 0 Å². The number of hydrogen-bond acceptors (Lipinski definition) is 3. The van der Waals surface area contributed by atoms with Crippen molar-refractivity contribution in [1.82, 2.24) is 4.90 Å². The number of ether oxygens (including phenoxy) is 2. The van der Waals surface area contributed by atoms with Crippen molar-refractivity contribution in [2.24, 2.45) is 0 Å². The molecule has 0 unspecified atom stereocenters. The smallest absolute Gasteiger partial charge is 0.150 e. The summed E-state index contributed by atoms with van der Waals surface area (Å²) in [5.74, 6) is 4.71. The van der Waals surface area contributed by atoms with Gasteiger partial charge in [0, 0.05) is 19.1 Å². The third kappa shape index (κ3) is 4.96. The minimum atomic E-state index is 0.417. The van der Waals surface area contributed by atoms with E-state index < -0.39 is 0 Å². The number of likely N-dealkylation sites (tertiary alicyclic amines) is 1.